The van der Waals surface area contributed by atoms with E-state index >= 15 is 0 Å². The fraction of sp³-hybridized carbons (Fsp3) is 0.100. The number of hydrogen-bond donors (Lipinski definition) is 1. The van der Waals surface area contributed by atoms with Crippen molar-refractivity contribution in [3.8, 4) is 22.8 Å². The summed E-state index contributed by atoms with van der Waals surface area (Å²) in [7, 11) is 0. The van der Waals surface area contributed by atoms with Gasteiger partial charge in [-0.2, -0.15) is 5.10 Å². The second-order valence-corrected chi connectivity index (χ2v) is 6.54. The molecule has 5 rings (SSSR count). The molecule has 3 heterocycles. The molecule has 2 aromatic carbocycles. The highest BCUT2D eigenvalue weighted by atomic mass is 16.3. The SMILES string of the molecule is Cc1ccc(-n2ncc3c2ncn2c(-c4ccccc4O)nnc32)cc1C. The highest BCUT2D eigenvalue weighted by Gasteiger charge is 2.17. The summed E-state index contributed by atoms with van der Waals surface area (Å²) in [6.07, 6.45) is 3.41. The van der Waals surface area contributed by atoms with Crippen LogP contribution in [-0.4, -0.2) is 34.5 Å². The van der Waals surface area contributed by atoms with Gasteiger partial charge in [0.15, 0.2) is 17.1 Å². The van der Waals surface area contributed by atoms with Crippen molar-refractivity contribution in [1.29, 1.82) is 0 Å². The molecule has 132 valence electrons. The third-order valence-electron chi connectivity index (χ3n) is 4.86. The maximum Gasteiger partial charge on any atom is 0.175 e. The molecule has 0 spiro atoms. The molecule has 0 amide bonds. The molecular formula is C20H16N6O. The third kappa shape index (κ3) is 2.28. The van der Waals surface area contributed by atoms with Gasteiger partial charge < -0.3 is 5.11 Å². The number of hydrogen-bond acceptors (Lipinski definition) is 5. The molecular weight excluding hydrogens is 340 g/mol. The van der Waals surface area contributed by atoms with Crippen LogP contribution in [0.1, 0.15) is 11.1 Å². The van der Waals surface area contributed by atoms with Crippen molar-refractivity contribution in [3.63, 3.8) is 0 Å². The lowest BCUT2D eigenvalue weighted by atomic mass is 10.1. The molecule has 0 atom stereocenters. The van der Waals surface area contributed by atoms with E-state index in [0.29, 0.717) is 22.7 Å². The zero-order chi connectivity index (χ0) is 18.5. The maximum atomic E-state index is 10.1. The van der Waals surface area contributed by atoms with E-state index in [1.54, 1.807) is 39.8 Å². The van der Waals surface area contributed by atoms with Crippen molar-refractivity contribution in [1.82, 2.24) is 29.4 Å². The highest BCUT2D eigenvalue weighted by Crippen LogP contribution is 2.29. The summed E-state index contributed by atoms with van der Waals surface area (Å²) in [4.78, 5) is 4.59. The minimum atomic E-state index is 0.151. The van der Waals surface area contributed by atoms with Gasteiger partial charge in [-0.05, 0) is 49.2 Å². The molecule has 5 aromatic rings. The van der Waals surface area contributed by atoms with Gasteiger partial charge in [0.1, 0.15) is 12.1 Å². The van der Waals surface area contributed by atoms with E-state index in [1.165, 1.54) is 11.1 Å². The summed E-state index contributed by atoms with van der Waals surface area (Å²) in [6, 6.07) is 13.2. The van der Waals surface area contributed by atoms with Gasteiger partial charge in [0.2, 0.25) is 0 Å². The van der Waals surface area contributed by atoms with Crippen LogP contribution < -0.4 is 0 Å². The number of fused-ring (bicyclic) bond motifs is 3. The largest absolute Gasteiger partial charge is 0.507 e. The minimum absolute atomic E-state index is 0.151. The number of para-hydroxylation sites is 1. The monoisotopic (exact) mass is 356 g/mol. The molecule has 27 heavy (non-hydrogen) atoms. The van der Waals surface area contributed by atoms with E-state index < -0.39 is 0 Å². The Labute approximate surface area is 154 Å². The van der Waals surface area contributed by atoms with Crippen LogP contribution in [0.25, 0.3) is 33.8 Å². The molecule has 1 N–H and O–H groups in total. The van der Waals surface area contributed by atoms with E-state index in [-0.39, 0.29) is 5.75 Å². The van der Waals surface area contributed by atoms with Crippen LogP contribution in [0.2, 0.25) is 0 Å². The van der Waals surface area contributed by atoms with Crippen LogP contribution in [0.15, 0.2) is 55.0 Å². The van der Waals surface area contributed by atoms with Gasteiger partial charge in [-0.25, -0.2) is 9.67 Å². The molecule has 0 bridgehead atoms. The van der Waals surface area contributed by atoms with Crippen LogP contribution in [0.3, 0.4) is 0 Å². The van der Waals surface area contributed by atoms with Crippen molar-refractivity contribution in [3.05, 3.63) is 66.1 Å². The van der Waals surface area contributed by atoms with Gasteiger partial charge in [-0.15, -0.1) is 10.2 Å². The van der Waals surface area contributed by atoms with Crippen molar-refractivity contribution in [2.75, 3.05) is 0 Å². The average molecular weight is 356 g/mol. The number of rotatable bonds is 2. The average Bonchev–Trinajstić information content (AvgIpc) is 3.28. The molecule has 0 radical (unpaired) electrons. The molecule has 0 aliphatic heterocycles. The Bertz CT molecular complexity index is 1320. The van der Waals surface area contributed by atoms with Crippen molar-refractivity contribution in [2.45, 2.75) is 13.8 Å². The van der Waals surface area contributed by atoms with Gasteiger partial charge in [-0.3, -0.25) is 4.40 Å². The van der Waals surface area contributed by atoms with E-state index in [0.717, 1.165) is 11.1 Å². The Hall–Kier alpha value is -3.74. The van der Waals surface area contributed by atoms with Gasteiger partial charge in [0, 0.05) is 0 Å². The van der Waals surface area contributed by atoms with Crippen LogP contribution in [0.4, 0.5) is 0 Å². The van der Waals surface area contributed by atoms with E-state index in [2.05, 4.69) is 46.3 Å². The van der Waals surface area contributed by atoms with Gasteiger partial charge in [0.05, 0.1) is 22.8 Å². The molecule has 0 unspecified atom stereocenters. The Morgan fingerprint density at radius 2 is 1.78 bits per heavy atom. The quantitative estimate of drug-likeness (QED) is 0.524. The Balaban J connectivity index is 1.73. The first kappa shape index (κ1) is 15.5. The zero-order valence-electron chi connectivity index (χ0n) is 14.8. The Morgan fingerprint density at radius 3 is 2.59 bits per heavy atom. The second-order valence-electron chi connectivity index (χ2n) is 6.54. The van der Waals surface area contributed by atoms with E-state index in [9.17, 15) is 5.11 Å². The molecule has 7 nitrogen and oxygen atoms in total. The number of nitrogens with zero attached hydrogens (tertiary/aromatic N) is 6. The molecule has 0 aliphatic carbocycles. The fourth-order valence-corrected chi connectivity index (χ4v) is 3.21. The summed E-state index contributed by atoms with van der Waals surface area (Å²) >= 11 is 0. The summed E-state index contributed by atoms with van der Waals surface area (Å²) in [5, 5.41) is 24.0. The number of phenolic OH excluding ortho intramolecular Hbond substituents is 1. The lowest BCUT2D eigenvalue weighted by Crippen LogP contribution is -2.00. The molecule has 3 aromatic heterocycles. The molecule has 0 fully saturated rings. The summed E-state index contributed by atoms with van der Waals surface area (Å²) in [5.74, 6) is 0.689. The van der Waals surface area contributed by atoms with Crippen LogP contribution >= 0.6 is 0 Å². The van der Waals surface area contributed by atoms with E-state index in [1.807, 2.05) is 12.1 Å². The smallest absolute Gasteiger partial charge is 0.175 e. The molecule has 0 saturated carbocycles. The summed E-state index contributed by atoms with van der Waals surface area (Å²) in [5.41, 5.74) is 5.34. The maximum absolute atomic E-state index is 10.1. The number of aryl methyl sites for hydroxylation is 2. The Morgan fingerprint density at radius 1 is 0.926 bits per heavy atom. The van der Waals surface area contributed by atoms with Gasteiger partial charge in [-0.1, -0.05) is 18.2 Å². The fourth-order valence-electron chi connectivity index (χ4n) is 3.21. The third-order valence-corrected chi connectivity index (χ3v) is 4.86. The van der Waals surface area contributed by atoms with Gasteiger partial charge in [0.25, 0.3) is 0 Å². The summed E-state index contributed by atoms with van der Waals surface area (Å²) in [6.45, 7) is 4.16. The van der Waals surface area contributed by atoms with Crippen LogP contribution in [0.5, 0.6) is 5.75 Å². The lowest BCUT2D eigenvalue weighted by Gasteiger charge is -2.06. The van der Waals surface area contributed by atoms with Crippen molar-refractivity contribution in [2.24, 2.45) is 0 Å². The molecule has 7 heteroatoms. The van der Waals surface area contributed by atoms with Crippen molar-refractivity contribution >= 4 is 16.7 Å². The normalized spacial score (nSPS) is 11.5. The number of benzene rings is 2. The molecule has 0 aliphatic rings. The predicted octanol–water partition coefficient (Wildman–Crippen LogP) is 3.45. The first-order valence-corrected chi connectivity index (χ1v) is 8.57. The Kier molecular flexibility index (Phi) is 3.24. The number of aromatic hydroxyl groups is 1. The minimum Gasteiger partial charge on any atom is -0.507 e. The standard InChI is InChI=1S/C20H16N6O/c1-12-7-8-14(9-13(12)2)26-18-16(10-22-26)20-24-23-19(25(20)11-21-18)15-5-3-4-6-17(15)27/h3-11,27H,1-2H3. The van der Waals surface area contributed by atoms with Crippen LogP contribution in [-0.2, 0) is 0 Å². The first-order valence-electron chi connectivity index (χ1n) is 8.57. The lowest BCUT2D eigenvalue weighted by molar-refractivity contribution is 0.477. The van der Waals surface area contributed by atoms with E-state index in [4.69, 9.17) is 0 Å². The number of aromatic nitrogens is 6. The van der Waals surface area contributed by atoms with Crippen molar-refractivity contribution < 1.29 is 5.11 Å². The number of phenols is 1. The first-order chi connectivity index (χ1) is 13.1. The van der Waals surface area contributed by atoms with Crippen LogP contribution in [0, 0.1) is 13.8 Å². The zero-order valence-corrected chi connectivity index (χ0v) is 14.8. The predicted molar refractivity (Wildman–Crippen MR) is 102 cm³/mol. The topological polar surface area (TPSA) is 81.1 Å². The second kappa shape index (κ2) is 5.63. The highest BCUT2D eigenvalue weighted by molar-refractivity contribution is 5.90. The van der Waals surface area contributed by atoms with Gasteiger partial charge >= 0.3 is 0 Å². The molecule has 0 saturated heterocycles. The summed E-state index contributed by atoms with van der Waals surface area (Å²) < 4.78 is 3.57.